The molecule has 5 rings (SSSR count). The van der Waals surface area contributed by atoms with Crippen molar-refractivity contribution in [2.75, 3.05) is 63.2 Å². The molecule has 0 saturated carbocycles. The molecular formula is C30H35N7O3. The van der Waals surface area contributed by atoms with Crippen LogP contribution in [0.2, 0.25) is 0 Å². The standard InChI is InChI=1S/C30H35N7O3/c1-4-28(39)37-14-13-36(19-22(37)9-11-31)29-25-10-12-35(20-26(25)32-30(33-29)40-16-15-34(2)3)27-18-23(38)17-21-7-5-6-8-24(21)27/h4-8,17-18,22,38H,1,9-10,12-16,19-20H2,2-3H3. The molecule has 208 valence electrons. The lowest BCUT2D eigenvalue weighted by Crippen LogP contribution is -2.55. The summed E-state index contributed by atoms with van der Waals surface area (Å²) in [5, 5.41) is 22.0. The first-order valence-electron chi connectivity index (χ1n) is 13.6. The van der Waals surface area contributed by atoms with E-state index in [1.165, 1.54) is 6.08 Å². The molecule has 3 heterocycles. The Morgan fingerprint density at radius 1 is 1.23 bits per heavy atom. The summed E-state index contributed by atoms with van der Waals surface area (Å²) in [6.45, 7) is 7.63. The van der Waals surface area contributed by atoms with Gasteiger partial charge in [0.25, 0.3) is 0 Å². The molecule has 1 unspecified atom stereocenters. The second kappa shape index (κ2) is 11.8. The number of piperazine rings is 1. The zero-order valence-electron chi connectivity index (χ0n) is 23.1. The van der Waals surface area contributed by atoms with Gasteiger partial charge in [0.15, 0.2) is 0 Å². The van der Waals surface area contributed by atoms with E-state index in [-0.39, 0.29) is 24.1 Å². The van der Waals surface area contributed by atoms with Crippen molar-refractivity contribution in [3.63, 3.8) is 0 Å². The molecule has 1 N–H and O–H groups in total. The average molecular weight is 542 g/mol. The molecule has 40 heavy (non-hydrogen) atoms. The largest absolute Gasteiger partial charge is 0.508 e. The Morgan fingerprint density at radius 2 is 2.05 bits per heavy atom. The highest BCUT2D eigenvalue weighted by molar-refractivity contribution is 5.95. The van der Waals surface area contributed by atoms with Crippen LogP contribution in [-0.2, 0) is 17.8 Å². The minimum absolute atomic E-state index is 0.161. The predicted molar refractivity (Wildman–Crippen MR) is 155 cm³/mol. The van der Waals surface area contributed by atoms with E-state index in [1.54, 1.807) is 11.0 Å². The van der Waals surface area contributed by atoms with Crippen LogP contribution >= 0.6 is 0 Å². The number of fused-ring (bicyclic) bond motifs is 2. The van der Waals surface area contributed by atoms with E-state index in [2.05, 4.69) is 28.5 Å². The van der Waals surface area contributed by atoms with Crippen LogP contribution in [0.3, 0.4) is 0 Å². The Balaban J connectivity index is 1.49. The van der Waals surface area contributed by atoms with Gasteiger partial charge in [0, 0.05) is 55.4 Å². The fourth-order valence-electron chi connectivity index (χ4n) is 5.51. The van der Waals surface area contributed by atoms with Gasteiger partial charge in [-0.05, 0) is 38.0 Å². The Hall–Kier alpha value is -4.36. The van der Waals surface area contributed by atoms with Crippen molar-refractivity contribution in [3.05, 3.63) is 60.3 Å². The van der Waals surface area contributed by atoms with Crippen molar-refractivity contribution < 1.29 is 14.6 Å². The number of carbonyl (C=O) groups is 1. The van der Waals surface area contributed by atoms with E-state index in [4.69, 9.17) is 14.7 Å². The number of aromatic nitrogens is 2. The summed E-state index contributed by atoms with van der Waals surface area (Å²) in [5.74, 6) is 0.872. The number of hydrogen-bond acceptors (Lipinski definition) is 9. The van der Waals surface area contributed by atoms with Gasteiger partial charge in [-0.1, -0.05) is 30.8 Å². The normalized spacial score (nSPS) is 17.1. The minimum atomic E-state index is -0.258. The van der Waals surface area contributed by atoms with Crippen molar-refractivity contribution in [1.82, 2.24) is 19.8 Å². The maximum absolute atomic E-state index is 12.5. The minimum Gasteiger partial charge on any atom is -0.508 e. The van der Waals surface area contributed by atoms with Crippen molar-refractivity contribution in [2.45, 2.75) is 25.4 Å². The fourth-order valence-corrected chi connectivity index (χ4v) is 5.51. The average Bonchev–Trinajstić information content (AvgIpc) is 2.95. The van der Waals surface area contributed by atoms with E-state index < -0.39 is 0 Å². The lowest BCUT2D eigenvalue weighted by atomic mass is 10.0. The number of nitrogens with zero attached hydrogens (tertiary/aromatic N) is 7. The highest BCUT2D eigenvalue weighted by atomic mass is 16.5. The molecule has 2 aromatic carbocycles. The summed E-state index contributed by atoms with van der Waals surface area (Å²) in [6.07, 6.45) is 2.25. The zero-order valence-corrected chi connectivity index (χ0v) is 23.1. The number of carbonyl (C=O) groups excluding carboxylic acids is 1. The summed E-state index contributed by atoms with van der Waals surface area (Å²) in [7, 11) is 3.97. The van der Waals surface area contributed by atoms with Crippen LogP contribution < -0.4 is 14.5 Å². The Morgan fingerprint density at radius 3 is 2.83 bits per heavy atom. The van der Waals surface area contributed by atoms with Crippen molar-refractivity contribution in [1.29, 1.82) is 5.26 Å². The van der Waals surface area contributed by atoms with Crippen molar-refractivity contribution in [2.24, 2.45) is 0 Å². The number of rotatable bonds is 8. The Labute approximate surface area is 234 Å². The van der Waals surface area contributed by atoms with Crippen LogP contribution in [0, 0.1) is 11.3 Å². The number of likely N-dealkylation sites (N-methyl/N-ethyl adjacent to an activating group) is 1. The maximum Gasteiger partial charge on any atom is 0.318 e. The summed E-state index contributed by atoms with van der Waals surface area (Å²) in [5.41, 5.74) is 2.90. The van der Waals surface area contributed by atoms with Gasteiger partial charge >= 0.3 is 6.01 Å². The third-order valence-corrected chi connectivity index (χ3v) is 7.52. The van der Waals surface area contributed by atoms with E-state index in [0.717, 1.165) is 46.6 Å². The van der Waals surface area contributed by atoms with Gasteiger partial charge in [0.1, 0.15) is 18.2 Å². The topological polar surface area (TPSA) is 109 Å². The van der Waals surface area contributed by atoms with Crippen LogP contribution in [0.25, 0.3) is 10.8 Å². The second-order valence-corrected chi connectivity index (χ2v) is 10.5. The molecule has 0 aliphatic carbocycles. The van der Waals surface area contributed by atoms with Gasteiger partial charge in [-0.15, -0.1) is 0 Å². The maximum atomic E-state index is 12.5. The van der Waals surface area contributed by atoms with Crippen molar-refractivity contribution in [3.8, 4) is 17.8 Å². The summed E-state index contributed by atoms with van der Waals surface area (Å²) in [4.78, 5) is 30.3. The van der Waals surface area contributed by atoms with E-state index in [9.17, 15) is 15.2 Å². The van der Waals surface area contributed by atoms with Crippen LogP contribution in [0.4, 0.5) is 11.5 Å². The Bertz CT molecular complexity index is 1450. The number of aromatic hydroxyl groups is 1. The lowest BCUT2D eigenvalue weighted by Gasteiger charge is -2.42. The second-order valence-electron chi connectivity index (χ2n) is 10.5. The molecule has 2 aliphatic rings. The molecule has 1 aromatic heterocycles. The van der Waals surface area contributed by atoms with E-state index in [0.29, 0.717) is 45.2 Å². The number of ether oxygens (including phenoxy) is 1. The monoisotopic (exact) mass is 541 g/mol. The van der Waals surface area contributed by atoms with Crippen molar-refractivity contribution >= 4 is 28.2 Å². The van der Waals surface area contributed by atoms with E-state index >= 15 is 0 Å². The molecule has 1 amide bonds. The first-order chi connectivity index (χ1) is 19.4. The van der Waals surface area contributed by atoms with Crippen LogP contribution in [0.1, 0.15) is 17.7 Å². The smallest absolute Gasteiger partial charge is 0.318 e. The summed E-state index contributed by atoms with van der Waals surface area (Å²) in [6, 6.07) is 13.9. The van der Waals surface area contributed by atoms with E-state index in [1.807, 2.05) is 43.3 Å². The molecule has 2 aliphatic heterocycles. The summed E-state index contributed by atoms with van der Waals surface area (Å²) < 4.78 is 6.02. The van der Waals surface area contributed by atoms with Gasteiger partial charge in [-0.2, -0.15) is 15.2 Å². The quantitative estimate of drug-likeness (QED) is 0.431. The van der Waals surface area contributed by atoms with Crippen LogP contribution in [0.15, 0.2) is 49.1 Å². The van der Waals surface area contributed by atoms with Gasteiger partial charge < -0.3 is 29.4 Å². The summed E-state index contributed by atoms with van der Waals surface area (Å²) >= 11 is 0. The first kappa shape index (κ1) is 27.2. The third kappa shape index (κ3) is 5.65. The van der Waals surface area contributed by atoms with Gasteiger partial charge in [0.05, 0.1) is 30.8 Å². The molecular weight excluding hydrogens is 506 g/mol. The zero-order chi connectivity index (χ0) is 28.2. The molecule has 3 aromatic rings. The number of amides is 1. The molecule has 10 heteroatoms. The van der Waals surface area contributed by atoms with Gasteiger partial charge in [-0.25, -0.2) is 0 Å². The highest BCUT2D eigenvalue weighted by Crippen LogP contribution is 2.36. The van der Waals surface area contributed by atoms with Crippen LogP contribution in [0.5, 0.6) is 11.8 Å². The Kier molecular flexibility index (Phi) is 8.03. The molecule has 0 bridgehead atoms. The predicted octanol–water partition coefficient (Wildman–Crippen LogP) is 2.96. The number of benzene rings is 2. The highest BCUT2D eigenvalue weighted by Gasteiger charge is 2.33. The molecule has 1 fully saturated rings. The lowest BCUT2D eigenvalue weighted by molar-refractivity contribution is -0.128. The number of nitriles is 1. The number of phenols is 1. The molecule has 0 spiro atoms. The van der Waals surface area contributed by atoms with Crippen LogP contribution in [-0.4, -0.2) is 90.2 Å². The number of hydrogen-bond donors (Lipinski definition) is 1. The number of phenolic OH excluding ortho intramolecular Hbond substituents is 1. The molecule has 10 nitrogen and oxygen atoms in total. The van der Waals surface area contributed by atoms with Gasteiger partial charge in [0.2, 0.25) is 5.91 Å². The SMILES string of the molecule is C=CC(=O)N1CCN(c2nc(OCCN(C)C)nc3c2CCN(c2cc(O)cc4ccccc24)C3)CC1CC#N. The third-order valence-electron chi connectivity index (χ3n) is 7.52. The van der Waals surface area contributed by atoms with Gasteiger partial charge in [-0.3, -0.25) is 4.79 Å². The fraction of sp³-hybridized carbons (Fsp3) is 0.400. The molecule has 1 atom stereocenters. The first-order valence-corrected chi connectivity index (χ1v) is 13.6. The molecule has 0 radical (unpaired) electrons. The molecule has 1 saturated heterocycles. The number of anilines is 2.